The van der Waals surface area contributed by atoms with Crippen molar-refractivity contribution in [2.75, 3.05) is 0 Å². The summed E-state index contributed by atoms with van der Waals surface area (Å²) in [6.07, 6.45) is 2.77. The monoisotopic (exact) mass is 323 g/mol. The van der Waals surface area contributed by atoms with Gasteiger partial charge in [0.15, 0.2) is 0 Å². The molecule has 19 heavy (non-hydrogen) atoms. The van der Waals surface area contributed by atoms with Crippen LogP contribution in [-0.2, 0) is 6.54 Å². The molecule has 0 amide bonds. The van der Waals surface area contributed by atoms with Gasteiger partial charge in [-0.05, 0) is 36.6 Å². The number of halogens is 1. The van der Waals surface area contributed by atoms with Gasteiger partial charge in [-0.2, -0.15) is 0 Å². The first-order chi connectivity index (χ1) is 9.15. The highest BCUT2D eigenvalue weighted by Crippen LogP contribution is 2.25. The number of hydrazine groups is 1. The lowest BCUT2D eigenvalue weighted by Gasteiger charge is -2.18. The smallest absolute Gasteiger partial charge is 0.0895 e. The summed E-state index contributed by atoms with van der Waals surface area (Å²) < 4.78 is 2.93. The van der Waals surface area contributed by atoms with E-state index in [0.717, 1.165) is 28.7 Å². The third-order valence-electron chi connectivity index (χ3n) is 2.94. The Hall–Kier alpha value is -1.24. The number of hydrogen-bond acceptors (Lipinski definition) is 4. The minimum absolute atomic E-state index is 0.113. The highest BCUT2D eigenvalue weighted by Gasteiger charge is 2.18. The maximum absolute atomic E-state index is 5.73. The highest BCUT2D eigenvalue weighted by molar-refractivity contribution is 9.10. The van der Waals surface area contributed by atoms with Crippen LogP contribution in [0.1, 0.15) is 36.2 Å². The Kier molecular flexibility index (Phi) is 4.68. The van der Waals surface area contributed by atoms with Crippen LogP contribution in [0.3, 0.4) is 0 Å². The van der Waals surface area contributed by atoms with Crippen molar-refractivity contribution in [3.8, 4) is 0 Å². The zero-order valence-electron chi connectivity index (χ0n) is 11.1. The van der Waals surface area contributed by atoms with Crippen molar-refractivity contribution in [2.24, 2.45) is 5.84 Å². The van der Waals surface area contributed by atoms with Crippen molar-refractivity contribution in [3.63, 3.8) is 0 Å². The fraction of sp³-hybridized carbons (Fsp3) is 0.385. The zero-order chi connectivity index (χ0) is 13.8. The summed E-state index contributed by atoms with van der Waals surface area (Å²) in [7, 11) is 0. The van der Waals surface area contributed by atoms with Crippen LogP contribution in [0.25, 0.3) is 0 Å². The van der Waals surface area contributed by atoms with Crippen molar-refractivity contribution >= 4 is 15.9 Å². The quantitative estimate of drug-likeness (QED) is 0.654. The van der Waals surface area contributed by atoms with Gasteiger partial charge in [0.2, 0.25) is 0 Å². The Labute approximate surface area is 121 Å². The molecule has 102 valence electrons. The number of aromatic nitrogens is 3. The van der Waals surface area contributed by atoms with E-state index in [4.69, 9.17) is 5.84 Å². The molecular formula is C13H18BrN5. The van der Waals surface area contributed by atoms with Gasteiger partial charge in [-0.1, -0.05) is 34.1 Å². The van der Waals surface area contributed by atoms with Crippen molar-refractivity contribution in [3.05, 3.63) is 45.7 Å². The third kappa shape index (κ3) is 3.20. The van der Waals surface area contributed by atoms with E-state index in [1.807, 2.05) is 4.68 Å². The van der Waals surface area contributed by atoms with Crippen molar-refractivity contribution < 1.29 is 0 Å². The fourth-order valence-electron chi connectivity index (χ4n) is 2.16. The first kappa shape index (κ1) is 14.2. The lowest BCUT2D eigenvalue weighted by Crippen LogP contribution is -2.30. The molecule has 0 aliphatic carbocycles. The maximum Gasteiger partial charge on any atom is 0.0895 e. The summed E-state index contributed by atoms with van der Waals surface area (Å²) in [5.74, 6) is 5.73. The third-order valence-corrected chi connectivity index (χ3v) is 3.40. The molecule has 0 saturated heterocycles. The van der Waals surface area contributed by atoms with E-state index in [-0.39, 0.29) is 6.04 Å². The Balaban J connectivity index is 2.40. The molecule has 2 aromatic rings. The zero-order valence-corrected chi connectivity index (χ0v) is 12.7. The number of aryl methyl sites for hydroxylation is 2. The molecule has 2 rings (SSSR count). The molecule has 1 atom stereocenters. The first-order valence-electron chi connectivity index (χ1n) is 6.27. The molecule has 0 fully saturated rings. The molecule has 3 N–H and O–H groups in total. The summed E-state index contributed by atoms with van der Waals surface area (Å²) in [6.45, 7) is 5.00. The van der Waals surface area contributed by atoms with Crippen molar-refractivity contribution in [1.29, 1.82) is 0 Å². The van der Waals surface area contributed by atoms with E-state index in [1.54, 1.807) is 6.20 Å². The fourth-order valence-corrected chi connectivity index (χ4v) is 2.78. The van der Waals surface area contributed by atoms with Crippen molar-refractivity contribution in [1.82, 2.24) is 20.4 Å². The van der Waals surface area contributed by atoms with Gasteiger partial charge in [0.25, 0.3) is 0 Å². The van der Waals surface area contributed by atoms with Gasteiger partial charge < -0.3 is 0 Å². The predicted molar refractivity (Wildman–Crippen MR) is 78.4 cm³/mol. The summed E-state index contributed by atoms with van der Waals surface area (Å²) in [4.78, 5) is 0. The number of rotatable bonds is 5. The van der Waals surface area contributed by atoms with Gasteiger partial charge >= 0.3 is 0 Å². The van der Waals surface area contributed by atoms with E-state index < -0.39 is 0 Å². The number of hydrogen-bond donors (Lipinski definition) is 2. The van der Waals surface area contributed by atoms with E-state index in [1.165, 1.54) is 5.56 Å². The number of nitrogens with two attached hydrogens (primary N) is 1. The molecule has 0 aliphatic heterocycles. The Morgan fingerprint density at radius 1 is 1.42 bits per heavy atom. The van der Waals surface area contributed by atoms with Crippen LogP contribution in [0.5, 0.6) is 0 Å². The second-order valence-electron chi connectivity index (χ2n) is 4.54. The molecule has 6 heteroatoms. The molecule has 0 spiro atoms. The average Bonchev–Trinajstić information content (AvgIpc) is 2.78. The van der Waals surface area contributed by atoms with Gasteiger partial charge in [-0.3, -0.25) is 5.84 Å². The lowest BCUT2D eigenvalue weighted by atomic mass is 10.0. The summed E-state index contributed by atoms with van der Waals surface area (Å²) >= 11 is 3.52. The van der Waals surface area contributed by atoms with Crippen molar-refractivity contribution in [2.45, 2.75) is 32.9 Å². The second-order valence-corrected chi connectivity index (χ2v) is 5.46. The Bertz CT molecular complexity index is 531. The van der Waals surface area contributed by atoms with E-state index in [2.05, 4.69) is 63.7 Å². The highest BCUT2D eigenvalue weighted by atomic mass is 79.9. The minimum Gasteiger partial charge on any atom is -0.271 e. The summed E-state index contributed by atoms with van der Waals surface area (Å²) in [5.41, 5.74) is 6.10. The van der Waals surface area contributed by atoms with Crippen LogP contribution in [0.4, 0.5) is 0 Å². The lowest BCUT2D eigenvalue weighted by molar-refractivity contribution is 0.512. The molecule has 0 saturated carbocycles. The molecule has 1 heterocycles. The standard InChI is InChI=1S/C13H18BrN5/c1-3-4-19-12(8-16-18-19)13(17-15)10-5-9(2)6-11(14)7-10/h5-8,13,17H,3-4,15H2,1-2H3. The predicted octanol–water partition coefficient (Wildman–Crippen LogP) is 2.31. The Morgan fingerprint density at radius 3 is 2.84 bits per heavy atom. The maximum atomic E-state index is 5.73. The van der Waals surface area contributed by atoms with Crippen LogP contribution < -0.4 is 11.3 Å². The minimum atomic E-state index is -0.113. The van der Waals surface area contributed by atoms with Crippen LogP contribution in [-0.4, -0.2) is 15.0 Å². The largest absolute Gasteiger partial charge is 0.271 e. The molecule has 1 aromatic carbocycles. The van der Waals surface area contributed by atoms with E-state index in [0.29, 0.717) is 0 Å². The number of benzene rings is 1. The van der Waals surface area contributed by atoms with Crippen LogP contribution in [0.15, 0.2) is 28.9 Å². The van der Waals surface area contributed by atoms with Gasteiger partial charge in [-0.15, -0.1) is 5.10 Å². The second kappa shape index (κ2) is 6.27. The number of nitrogens with zero attached hydrogens (tertiary/aromatic N) is 3. The molecule has 1 aromatic heterocycles. The van der Waals surface area contributed by atoms with Crippen LogP contribution in [0.2, 0.25) is 0 Å². The molecule has 0 bridgehead atoms. The van der Waals surface area contributed by atoms with E-state index in [9.17, 15) is 0 Å². The van der Waals surface area contributed by atoms with E-state index >= 15 is 0 Å². The van der Waals surface area contributed by atoms with Crippen LogP contribution >= 0.6 is 15.9 Å². The van der Waals surface area contributed by atoms with Crippen LogP contribution in [0, 0.1) is 6.92 Å². The topological polar surface area (TPSA) is 68.8 Å². The SMILES string of the molecule is CCCn1nncc1C(NN)c1cc(C)cc(Br)c1. The summed E-state index contributed by atoms with van der Waals surface area (Å²) in [5, 5.41) is 8.09. The van der Waals surface area contributed by atoms with Gasteiger partial charge in [-0.25, -0.2) is 10.1 Å². The number of nitrogens with one attached hydrogen (secondary N) is 1. The molecule has 0 radical (unpaired) electrons. The molecule has 0 aliphatic rings. The normalized spacial score (nSPS) is 12.6. The van der Waals surface area contributed by atoms with Gasteiger partial charge in [0.1, 0.15) is 0 Å². The molecular weight excluding hydrogens is 306 g/mol. The first-order valence-corrected chi connectivity index (χ1v) is 7.06. The average molecular weight is 324 g/mol. The summed E-state index contributed by atoms with van der Waals surface area (Å²) in [6, 6.07) is 6.12. The molecule has 5 nitrogen and oxygen atoms in total. The Morgan fingerprint density at radius 2 is 2.21 bits per heavy atom. The molecule has 1 unspecified atom stereocenters. The van der Waals surface area contributed by atoms with Gasteiger partial charge in [0, 0.05) is 11.0 Å². The van der Waals surface area contributed by atoms with Gasteiger partial charge in [0.05, 0.1) is 17.9 Å².